The lowest BCUT2D eigenvalue weighted by Gasteiger charge is -2.34. The summed E-state index contributed by atoms with van der Waals surface area (Å²) < 4.78 is 0. The minimum Gasteiger partial charge on any atom is -0.294 e. The van der Waals surface area contributed by atoms with E-state index in [9.17, 15) is 14.9 Å². The van der Waals surface area contributed by atoms with Crippen LogP contribution in [0.15, 0.2) is 24.3 Å². The van der Waals surface area contributed by atoms with Crippen LogP contribution in [0.25, 0.3) is 0 Å². The van der Waals surface area contributed by atoms with Crippen LogP contribution in [0.2, 0.25) is 0 Å². The fourth-order valence-corrected chi connectivity index (χ4v) is 1.58. The maximum Gasteiger partial charge on any atom is 0.270 e. The summed E-state index contributed by atoms with van der Waals surface area (Å²) in [6.07, 6.45) is 0.922. The largest absolute Gasteiger partial charge is 0.294 e. The van der Waals surface area contributed by atoms with E-state index in [4.69, 9.17) is 0 Å². The fraction of sp³-hybridized carbons (Fsp3) is 0.500. The minimum absolute atomic E-state index is 0.0525. The number of nitrogens with zero attached hydrogens (tertiary/aromatic N) is 2. The molecule has 0 saturated carbocycles. The summed E-state index contributed by atoms with van der Waals surface area (Å²) in [6.45, 7) is 6.44. The molecule has 0 aliphatic rings. The standard InChI is InChI=1S/C14H20N2O3/c1-5-14(2,3)15(4)10-13(17)11-7-6-8-12(9-11)16(18)19/h6-9H,5,10H2,1-4H3. The van der Waals surface area contributed by atoms with Gasteiger partial charge in [-0.3, -0.25) is 19.8 Å². The van der Waals surface area contributed by atoms with Crippen LogP contribution in [-0.2, 0) is 0 Å². The summed E-state index contributed by atoms with van der Waals surface area (Å²) >= 11 is 0. The predicted molar refractivity (Wildman–Crippen MR) is 74.4 cm³/mol. The van der Waals surface area contributed by atoms with Gasteiger partial charge in [0.25, 0.3) is 5.69 Å². The first-order valence-corrected chi connectivity index (χ1v) is 6.27. The van der Waals surface area contributed by atoms with E-state index >= 15 is 0 Å². The number of carbonyl (C=O) groups excluding carboxylic acids is 1. The Bertz CT molecular complexity index is 483. The zero-order valence-corrected chi connectivity index (χ0v) is 11.8. The number of likely N-dealkylation sites (N-methyl/N-ethyl adjacent to an activating group) is 1. The molecule has 0 unspecified atom stereocenters. The summed E-state index contributed by atoms with van der Waals surface area (Å²) in [5.41, 5.74) is 0.257. The minimum atomic E-state index is -0.490. The van der Waals surface area contributed by atoms with Crippen molar-refractivity contribution in [1.82, 2.24) is 4.90 Å². The second-order valence-electron chi connectivity index (χ2n) is 5.25. The normalized spacial score (nSPS) is 11.6. The molecule has 0 N–H and O–H groups in total. The van der Waals surface area contributed by atoms with E-state index in [0.29, 0.717) is 5.56 Å². The highest BCUT2D eigenvalue weighted by atomic mass is 16.6. The molecule has 1 aromatic carbocycles. The van der Waals surface area contributed by atoms with Crippen LogP contribution in [-0.4, -0.2) is 34.7 Å². The van der Waals surface area contributed by atoms with Gasteiger partial charge in [-0.15, -0.1) is 0 Å². The second kappa shape index (κ2) is 5.93. The maximum absolute atomic E-state index is 12.1. The van der Waals surface area contributed by atoms with Gasteiger partial charge in [-0.2, -0.15) is 0 Å². The summed E-state index contributed by atoms with van der Waals surface area (Å²) in [5.74, 6) is -0.104. The topological polar surface area (TPSA) is 63.5 Å². The van der Waals surface area contributed by atoms with Gasteiger partial charge in [-0.25, -0.2) is 0 Å². The number of benzene rings is 1. The number of carbonyl (C=O) groups is 1. The van der Waals surface area contributed by atoms with Crippen molar-refractivity contribution < 1.29 is 9.72 Å². The van der Waals surface area contributed by atoms with Crippen LogP contribution in [0, 0.1) is 10.1 Å². The second-order valence-corrected chi connectivity index (χ2v) is 5.25. The predicted octanol–water partition coefficient (Wildman–Crippen LogP) is 2.90. The molecule has 104 valence electrons. The number of ketones is 1. The monoisotopic (exact) mass is 264 g/mol. The van der Waals surface area contributed by atoms with Crippen LogP contribution >= 0.6 is 0 Å². The molecule has 19 heavy (non-hydrogen) atoms. The first-order valence-electron chi connectivity index (χ1n) is 6.27. The Hall–Kier alpha value is -1.75. The molecular formula is C14H20N2O3. The van der Waals surface area contributed by atoms with Gasteiger partial charge < -0.3 is 0 Å². The van der Waals surface area contributed by atoms with Crippen molar-refractivity contribution in [3.05, 3.63) is 39.9 Å². The number of Topliss-reactive ketones (excluding diaryl/α,β-unsaturated/α-hetero) is 1. The zero-order valence-electron chi connectivity index (χ0n) is 11.8. The zero-order chi connectivity index (χ0) is 14.6. The number of hydrogen-bond donors (Lipinski definition) is 0. The molecule has 0 saturated heterocycles. The molecule has 0 aliphatic heterocycles. The Morgan fingerprint density at radius 1 is 1.42 bits per heavy atom. The van der Waals surface area contributed by atoms with E-state index in [1.165, 1.54) is 18.2 Å². The third kappa shape index (κ3) is 3.86. The summed E-state index contributed by atoms with van der Waals surface area (Å²) in [7, 11) is 1.89. The third-order valence-electron chi connectivity index (χ3n) is 3.66. The average Bonchev–Trinajstić information content (AvgIpc) is 2.38. The van der Waals surface area contributed by atoms with Crippen LogP contribution in [0.3, 0.4) is 0 Å². The molecule has 5 heteroatoms. The van der Waals surface area contributed by atoms with E-state index in [0.717, 1.165) is 6.42 Å². The molecule has 0 aliphatic carbocycles. The number of nitro benzene ring substituents is 1. The molecule has 0 fully saturated rings. The molecular weight excluding hydrogens is 244 g/mol. The molecule has 0 radical (unpaired) electrons. The van der Waals surface area contributed by atoms with Gasteiger partial charge in [0.15, 0.2) is 5.78 Å². The molecule has 0 atom stereocenters. The molecule has 1 aromatic rings. The Kier molecular flexibility index (Phi) is 4.78. The van der Waals surface area contributed by atoms with Crippen molar-refractivity contribution in [2.75, 3.05) is 13.6 Å². The first-order chi connectivity index (χ1) is 8.77. The van der Waals surface area contributed by atoms with Crippen LogP contribution in [0.1, 0.15) is 37.6 Å². The molecule has 5 nitrogen and oxygen atoms in total. The van der Waals surface area contributed by atoms with E-state index in [2.05, 4.69) is 20.8 Å². The fourth-order valence-electron chi connectivity index (χ4n) is 1.58. The molecule has 1 rings (SSSR count). The van der Waals surface area contributed by atoms with Gasteiger partial charge in [-0.05, 0) is 27.3 Å². The van der Waals surface area contributed by atoms with Crippen molar-refractivity contribution >= 4 is 11.5 Å². The van der Waals surface area contributed by atoms with Gasteiger partial charge in [0.2, 0.25) is 0 Å². The number of hydrogen-bond acceptors (Lipinski definition) is 4. The quantitative estimate of drug-likeness (QED) is 0.450. The van der Waals surface area contributed by atoms with E-state index in [1.54, 1.807) is 6.07 Å². The number of rotatable bonds is 6. The maximum atomic E-state index is 12.1. The number of nitro groups is 1. The van der Waals surface area contributed by atoms with Gasteiger partial charge in [-0.1, -0.05) is 19.1 Å². The lowest BCUT2D eigenvalue weighted by Crippen LogP contribution is -2.43. The average molecular weight is 264 g/mol. The summed E-state index contributed by atoms with van der Waals surface area (Å²) in [6, 6.07) is 5.87. The van der Waals surface area contributed by atoms with Crippen LogP contribution in [0.4, 0.5) is 5.69 Å². The van der Waals surface area contributed by atoms with E-state index in [1.807, 2.05) is 11.9 Å². The Balaban J connectivity index is 2.84. The summed E-state index contributed by atoms with van der Waals surface area (Å²) in [4.78, 5) is 24.3. The molecule has 0 amide bonds. The van der Waals surface area contributed by atoms with Gasteiger partial charge >= 0.3 is 0 Å². The highest BCUT2D eigenvalue weighted by Gasteiger charge is 2.23. The van der Waals surface area contributed by atoms with E-state index in [-0.39, 0.29) is 23.6 Å². The van der Waals surface area contributed by atoms with Gasteiger partial charge in [0.1, 0.15) is 0 Å². The van der Waals surface area contributed by atoms with Crippen molar-refractivity contribution in [3.63, 3.8) is 0 Å². The van der Waals surface area contributed by atoms with E-state index < -0.39 is 4.92 Å². The lowest BCUT2D eigenvalue weighted by atomic mass is 9.99. The molecule has 0 spiro atoms. The van der Waals surface area contributed by atoms with Gasteiger partial charge in [0, 0.05) is 23.2 Å². The molecule has 0 bridgehead atoms. The van der Waals surface area contributed by atoms with Crippen molar-refractivity contribution in [2.45, 2.75) is 32.7 Å². The SMILES string of the molecule is CCC(C)(C)N(C)CC(=O)c1cccc([N+](=O)[O-])c1. The first kappa shape index (κ1) is 15.3. The van der Waals surface area contributed by atoms with Crippen molar-refractivity contribution in [1.29, 1.82) is 0 Å². The Labute approximate surface area is 113 Å². The smallest absolute Gasteiger partial charge is 0.270 e. The Morgan fingerprint density at radius 3 is 2.58 bits per heavy atom. The highest BCUT2D eigenvalue weighted by molar-refractivity contribution is 5.98. The highest BCUT2D eigenvalue weighted by Crippen LogP contribution is 2.18. The van der Waals surface area contributed by atoms with Crippen molar-refractivity contribution in [2.24, 2.45) is 0 Å². The third-order valence-corrected chi connectivity index (χ3v) is 3.66. The van der Waals surface area contributed by atoms with Gasteiger partial charge in [0.05, 0.1) is 11.5 Å². The molecule has 0 heterocycles. The number of non-ortho nitro benzene ring substituents is 1. The van der Waals surface area contributed by atoms with Crippen molar-refractivity contribution in [3.8, 4) is 0 Å². The summed E-state index contributed by atoms with van der Waals surface area (Å²) in [5, 5.41) is 10.7. The van der Waals surface area contributed by atoms with Crippen LogP contribution < -0.4 is 0 Å². The lowest BCUT2D eigenvalue weighted by molar-refractivity contribution is -0.384. The molecule has 0 aromatic heterocycles. The Morgan fingerprint density at radius 2 is 2.05 bits per heavy atom. The van der Waals surface area contributed by atoms with Crippen LogP contribution in [0.5, 0.6) is 0 Å².